The molecule has 3 fully saturated rings. The van der Waals surface area contributed by atoms with Gasteiger partial charge in [-0.05, 0) is 74.3 Å². The maximum atomic E-state index is 14.7. The number of amides is 5. The number of esters is 1. The van der Waals surface area contributed by atoms with E-state index < -0.39 is 41.3 Å². The highest BCUT2D eigenvalue weighted by atomic mass is 32.1. The van der Waals surface area contributed by atoms with Crippen molar-refractivity contribution < 1.29 is 28.7 Å². The number of aryl methyl sites for hydroxylation is 1. The first-order chi connectivity index (χ1) is 31.5. The average molecular weight is 923 g/mol. The normalized spacial score (nSPS) is 21.9. The lowest BCUT2D eigenvalue weighted by Crippen LogP contribution is -2.62. The van der Waals surface area contributed by atoms with E-state index in [-0.39, 0.29) is 42.8 Å². The molecule has 16 nitrogen and oxygen atoms in total. The number of hydrazine groups is 1. The average Bonchev–Trinajstić information content (AvgIpc) is 4.04. The minimum absolute atomic E-state index is 0.0575. The molecule has 17 heteroatoms. The van der Waals surface area contributed by atoms with E-state index >= 15 is 0 Å². The summed E-state index contributed by atoms with van der Waals surface area (Å²) in [4.78, 5) is 84.9. The lowest BCUT2D eigenvalue weighted by atomic mass is 9.84. The number of urea groups is 1. The molecule has 1 aromatic carbocycles. The number of pyridine rings is 1. The molecule has 0 radical (unpaired) electrons. The van der Waals surface area contributed by atoms with Crippen molar-refractivity contribution in [2.24, 2.45) is 11.3 Å². The van der Waals surface area contributed by atoms with Gasteiger partial charge in [-0.25, -0.2) is 15.2 Å². The maximum absolute atomic E-state index is 14.7. The minimum atomic E-state index is -1.07. The number of carbonyl (C=O) groups is 5. The van der Waals surface area contributed by atoms with Crippen LogP contribution in [0.25, 0.3) is 33.4 Å². The molecule has 4 aromatic rings. The molecule has 6 bridgehead atoms. The van der Waals surface area contributed by atoms with Crippen LogP contribution < -0.4 is 16.1 Å². The second-order valence-electron chi connectivity index (χ2n) is 19.8. The quantitative estimate of drug-likeness (QED) is 0.157. The number of aromatic nitrogens is 3. The summed E-state index contributed by atoms with van der Waals surface area (Å²) in [5.41, 5.74) is 9.82. The van der Waals surface area contributed by atoms with Gasteiger partial charge in [-0.3, -0.25) is 29.2 Å². The number of hydrogen-bond donors (Lipinski definition) is 3. The van der Waals surface area contributed by atoms with Crippen LogP contribution in [0.1, 0.15) is 89.9 Å². The van der Waals surface area contributed by atoms with Gasteiger partial charge >= 0.3 is 12.0 Å². The van der Waals surface area contributed by atoms with Gasteiger partial charge < -0.3 is 34.6 Å². The highest BCUT2D eigenvalue weighted by Crippen LogP contribution is 2.42. The first-order valence-electron chi connectivity index (χ1n) is 23.7. The van der Waals surface area contributed by atoms with Gasteiger partial charge in [0.25, 0.3) is 5.91 Å². The molecule has 0 saturated carbocycles. The fraction of sp³-hybridized carbons (Fsp3) is 0.571. The van der Waals surface area contributed by atoms with E-state index in [0.717, 1.165) is 51.2 Å². The third-order valence-electron chi connectivity index (χ3n) is 13.4. The van der Waals surface area contributed by atoms with Gasteiger partial charge in [-0.15, -0.1) is 11.3 Å². The molecule has 3 N–H and O–H groups in total. The molecule has 7 heterocycles. The zero-order valence-electron chi connectivity index (χ0n) is 39.7. The van der Waals surface area contributed by atoms with E-state index in [0.29, 0.717) is 70.0 Å². The van der Waals surface area contributed by atoms with Gasteiger partial charge in [-0.1, -0.05) is 47.6 Å². The van der Waals surface area contributed by atoms with Crippen LogP contribution in [-0.2, 0) is 43.3 Å². The van der Waals surface area contributed by atoms with Crippen molar-refractivity contribution in [3.63, 3.8) is 0 Å². The summed E-state index contributed by atoms with van der Waals surface area (Å²) in [5, 5.41) is 11.3. The Morgan fingerprint density at radius 2 is 1.79 bits per heavy atom. The van der Waals surface area contributed by atoms with Crippen LogP contribution in [-0.4, -0.2) is 141 Å². The summed E-state index contributed by atoms with van der Waals surface area (Å²) >= 11 is 1.42. The highest BCUT2D eigenvalue weighted by Gasteiger charge is 2.40. The minimum Gasteiger partial charge on any atom is -0.464 e. The molecule has 5 amide bonds. The van der Waals surface area contributed by atoms with Crippen molar-refractivity contribution in [3.8, 4) is 22.5 Å². The van der Waals surface area contributed by atoms with Crippen molar-refractivity contribution in [1.82, 2.24) is 50.3 Å². The topological polar surface area (TPSA) is 184 Å². The largest absolute Gasteiger partial charge is 0.464 e. The third-order valence-corrected chi connectivity index (χ3v) is 14.2. The van der Waals surface area contributed by atoms with Crippen LogP contribution in [0.2, 0.25) is 0 Å². The molecule has 0 unspecified atom stereocenters. The van der Waals surface area contributed by atoms with Crippen LogP contribution in [0.15, 0.2) is 41.9 Å². The Labute approximate surface area is 391 Å². The number of nitrogens with one attached hydrogen (secondary N) is 3. The SMILES string of the molecule is CCn1c(-c2cccnc2C(C)C)c2c3cc(ccc31)-c1csc(n1)C[C@H](NC(=O)[C@H](C(C)C)N(C)C(=O)N1CCCN(C(=O)[C@@H]3CN3)CC1)C(=O)N1CCC[C@H](N1)C(=O)OCC(C)(C)C2. The predicted molar refractivity (Wildman–Crippen MR) is 254 cm³/mol. The lowest BCUT2D eigenvalue weighted by Gasteiger charge is -2.37. The van der Waals surface area contributed by atoms with Crippen LogP contribution in [0.4, 0.5) is 4.79 Å². The standard InChI is InChI=1S/C49H66N10O6S/c1-9-58-39-16-15-31-23-33(39)34(43(58)32-13-10-17-50-41(32)29(2)3)25-49(6,7)28-65-47(63)35-14-11-20-59(54-35)46(62)36(24-40-52-38(31)27-66-40)53-44(60)42(30(4)5)55(8)48(64)57-19-12-18-56(21-22-57)45(61)37-26-51-37/h10,13,15-17,23,27,29-30,35-37,42,51,54H,9,11-12,14,18-22,24-26,28H2,1-8H3,(H,53,60)/t35-,36-,37-,42-/m0/s1. The van der Waals surface area contributed by atoms with Crippen molar-refractivity contribution in [3.05, 3.63) is 58.2 Å². The Morgan fingerprint density at radius 3 is 2.52 bits per heavy atom. The number of likely N-dealkylation sites (N-methyl/N-ethyl adjacent to an activating group) is 1. The van der Waals surface area contributed by atoms with Crippen LogP contribution in [0, 0.1) is 11.3 Å². The van der Waals surface area contributed by atoms with Crippen LogP contribution in [0.3, 0.4) is 0 Å². The van der Waals surface area contributed by atoms with Gasteiger partial charge in [-0.2, -0.15) is 0 Å². The molecule has 4 aliphatic heterocycles. The summed E-state index contributed by atoms with van der Waals surface area (Å²) in [7, 11) is 1.62. The molecule has 0 aliphatic carbocycles. The zero-order chi connectivity index (χ0) is 47.0. The second kappa shape index (κ2) is 19.4. The first-order valence-corrected chi connectivity index (χ1v) is 24.6. The highest BCUT2D eigenvalue weighted by molar-refractivity contribution is 7.10. The summed E-state index contributed by atoms with van der Waals surface area (Å²) in [5.74, 6) is -1.37. The van der Waals surface area contributed by atoms with Gasteiger partial charge in [0.05, 0.1) is 34.7 Å². The molecule has 8 rings (SSSR count). The number of nitrogens with zero attached hydrogens (tertiary/aromatic N) is 7. The molecule has 0 spiro atoms. The summed E-state index contributed by atoms with van der Waals surface area (Å²) in [6.45, 7) is 18.2. The van der Waals surface area contributed by atoms with Gasteiger partial charge in [0.15, 0.2) is 0 Å². The van der Waals surface area contributed by atoms with Gasteiger partial charge in [0.1, 0.15) is 18.1 Å². The van der Waals surface area contributed by atoms with Crippen molar-refractivity contribution in [1.29, 1.82) is 0 Å². The summed E-state index contributed by atoms with van der Waals surface area (Å²) < 4.78 is 8.48. The van der Waals surface area contributed by atoms with Crippen LogP contribution >= 0.6 is 11.3 Å². The van der Waals surface area contributed by atoms with Crippen molar-refractivity contribution in [2.45, 2.75) is 117 Å². The Morgan fingerprint density at radius 1 is 1.03 bits per heavy atom. The van der Waals surface area contributed by atoms with Crippen molar-refractivity contribution >= 4 is 52.0 Å². The first kappa shape index (κ1) is 47.1. The Bertz CT molecular complexity index is 2480. The van der Waals surface area contributed by atoms with E-state index in [9.17, 15) is 24.0 Å². The van der Waals surface area contributed by atoms with E-state index in [2.05, 4.69) is 79.5 Å². The van der Waals surface area contributed by atoms with Crippen LogP contribution in [0.5, 0.6) is 0 Å². The summed E-state index contributed by atoms with van der Waals surface area (Å²) in [6.07, 6.45) is 4.22. The van der Waals surface area contributed by atoms with Crippen molar-refractivity contribution in [2.75, 3.05) is 52.9 Å². The van der Waals surface area contributed by atoms with Gasteiger partial charge in [0, 0.05) is 98.3 Å². The molecule has 3 saturated heterocycles. The zero-order valence-corrected chi connectivity index (χ0v) is 40.5. The molecule has 354 valence electrons. The lowest BCUT2D eigenvalue weighted by molar-refractivity contribution is -0.155. The molecular formula is C49H66N10O6S. The molecule has 66 heavy (non-hydrogen) atoms. The number of cyclic esters (lactones) is 1. The predicted octanol–water partition coefficient (Wildman–Crippen LogP) is 5.20. The monoisotopic (exact) mass is 922 g/mol. The molecular weight excluding hydrogens is 857 g/mol. The summed E-state index contributed by atoms with van der Waals surface area (Å²) in [6, 6.07) is 7.39. The second-order valence-corrected chi connectivity index (χ2v) is 20.7. The smallest absolute Gasteiger partial charge is 0.324 e. The Balaban J connectivity index is 1.12. The third kappa shape index (κ3) is 9.84. The number of hydrogen-bond acceptors (Lipinski definition) is 11. The molecule has 4 atom stereocenters. The van der Waals surface area contributed by atoms with E-state index in [1.54, 1.807) is 16.8 Å². The maximum Gasteiger partial charge on any atom is 0.324 e. The van der Waals surface area contributed by atoms with E-state index in [4.69, 9.17) is 14.7 Å². The number of benzene rings is 1. The Hall–Kier alpha value is -5.39. The molecule has 4 aliphatic rings. The van der Waals surface area contributed by atoms with E-state index in [1.165, 1.54) is 21.2 Å². The number of fused-ring (bicyclic) bond motifs is 6. The fourth-order valence-corrected chi connectivity index (χ4v) is 10.7. The Kier molecular flexibility index (Phi) is 13.9. The number of rotatable bonds is 8. The molecule has 3 aromatic heterocycles. The number of ether oxygens (including phenoxy) is 1. The van der Waals surface area contributed by atoms with Gasteiger partial charge in [0.2, 0.25) is 11.8 Å². The fourth-order valence-electron chi connectivity index (χ4n) is 9.90. The number of carbonyl (C=O) groups excluding carboxylic acids is 5. The number of thiazole rings is 1. The van der Waals surface area contributed by atoms with E-state index in [1.807, 2.05) is 31.5 Å².